The Hall–Kier alpha value is -0.0400. The minimum absolute atomic E-state index is 0.702. The first-order valence-electron chi connectivity index (χ1n) is 14.8. The van der Waals surface area contributed by atoms with Crippen molar-refractivity contribution in [1.82, 2.24) is 0 Å². The van der Waals surface area contributed by atoms with E-state index in [1.807, 2.05) is 0 Å². The fraction of sp³-hybridized carbons (Fsp3) is 1.00. The van der Waals surface area contributed by atoms with Crippen LogP contribution in [0.2, 0.25) is 0 Å². The van der Waals surface area contributed by atoms with E-state index in [1.165, 1.54) is 56.0 Å². The van der Waals surface area contributed by atoms with Crippen LogP contribution in [-0.2, 0) is 0 Å². The third kappa shape index (κ3) is 4.72. The Morgan fingerprint density at radius 3 is 2.03 bits per heavy atom. The van der Waals surface area contributed by atoms with E-state index in [0.717, 1.165) is 65.3 Å². The number of quaternary nitrogens is 1. The van der Waals surface area contributed by atoms with Crippen molar-refractivity contribution in [3.8, 4) is 0 Å². The van der Waals surface area contributed by atoms with Gasteiger partial charge in [-0.3, -0.25) is 0 Å². The molecule has 0 aromatic rings. The predicted molar refractivity (Wildman–Crippen MR) is 142 cm³/mol. The smallest absolute Gasteiger partial charge is 0.103 e. The maximum Gasteiger partial charge on any atom is 0.103 e. The van der Waals surface area contributed by atoms with Gasteiger partial charge in [-0.2, -0.15) is 0 Å². The highest BCUT2D eigenvalue weighted by molar-refractivity contribution is 5.17. The van der Waals surface area contributed by atoms with Crippen LogP contribution in [0.3, 0.4) is 0 Å². The van der Waals surface area contributed by atoms with Crippen LogP contribution >= 0.6 is 0 Å². The van der Waals surface area contributed by atoms with Crippen molar-refractivity contribution in [1.29, 1.82) is 0 Å². The summed E-state index contributed by atoms with van der Waals surface area (Å²) in [6.07, 6.45) is 10.2. The summed E-state index contributed by atoms with van der Waals surface area (Å²) in [5.41, 5.74) is 0.702. The molecule has 0 N–H and O–H groups in total. The van der Waals surface area contributed by atoms with Gasteiger partial charge in [0.05, 0.1) is 19.0 Å². The molecule has 0 aromatic heterocycles. The fourth-order valence-electron chi connectivity index (χ4n) is 9.41. The molecule has 1 heterocycles. The van der Waals surface area contributed by atoms with Gasteiger partial charge in [-0.15, -0.1) is 0 Å². The van der Waals surface area contributed by atoms with Gasteiger partial charge in [-0.05, 0) is 99.2 Å². The van der Waals surface area contributed by atoms with Crippen LogP contribution in [0.1, 0.15) is 114 Å². The van der Waals surface area contributed by atoms with Crippen molar-refractivity contribution in [3.05, 3.63) is 0 Å². The van der Waals surface area contributed by atoms with Gasteiger partial charge < -0.3 is 4.48 Å². The quantitative estimate of drug-likeness (QED) is 0.248. The van der Waals surface area contributed by atoms with Gasteiger partial charge in [0.2, 0.25) is 0 Å². The molecule has 0 amide bonds. The molecule has 0 radical (unpaired) electrons. The maximum atomic E-state index is 2.61. The average Bonchev–Trinajstić information content (AvgIpc) is 3.62. The summed E-state index contributed by atoms with van der Waals surface area (Å²) in [6, 6.07) is 1.84. The molecule has 1 aliphatic heterocycles. The molecule has 2 saturated carbocycles. The summed E-state index contributed by atoms with van der Waals surface area (Å²) >= 11 is 0. The molecule has 3 fully saturated rings. The molecule has 188 valence electrons. The minimum atomic E-state index is 0.702. The summed E-state index contributed by atoms with van der Waals surface area (Å²) in [5, 5.41) is 0. The number of hydrogen-bond acceptors (Lipinski definition) is 0. The molecule has 12 unspecified atom stereocenters. The van der Waals surface area contributed by atoms with E-state index in [9.17, 15) is 0 Å². The van der Waals surface area contributed by atoms with Gasteiger partial charge >= 0.3 is 0 Å². The summed E-state index contributed by atoms with van der Waals surface area (Å²) < 4.78 is 1.36. The zero-order valence-corrected chi connectivity index (χ0v) is 24.0. The first-order chi connectivity index (χ1) is 14.9. The topological polar surface area (TPSA) is 0 Å². The van der Waals surface area contributed by atoms with Crippen LogP contribution in [-0.4, -0.2) is 30.2 Å². The minimum Gasteiger partial charge on any atom is -0.320 e. The van der Waals surface area contributed by atoms with Gasteiger partial charge in [0, 0.05) is 5.92 Å². The summed E-state index contributed by atoms with van der Waals surface area (Å²) in [6.45, 7) is 26.4. The Balaban J connectivity index is 1.48. The van der Waals surface area contributed by atoms with Crippen LogP contribution in [0.25, 0.3) is 0 Å². The Labute approximate surface area is 203 Å². The van der Waals surface area contributed by atoms with E-state index in [0.29, 0.717) is 5.41 Å². The molecule has 1 heteroatoms. The highest BCUT2D eigenvalue weighted by atomic mass is 15.5. The van der Waals surface area contributed by atoms with Crippen LogP contribution < -0.4 is 0 Å². The number of hydrogen-bond donors (Lipinski definition) is 0. The lowest BCUT2D eigenvalue weighted by Gasteiger charge is -2.64. The van der Waals surface area contributed by atoms with E-state index in [1.54, 1.807) is 0 Å². The number of rotatable bonds is 13. The van der Waals surface area contributed by atoms with Crippen LogP contribution in [0.5, 0.6) is 0 Å². The highest BCUT2D eigenvalue weighted by Crippen LogP contribution is 2.71. The lowest BCUT2D eigenvalue weighted by molar-refractivity contribution is -1.02. The van der Waals surface area contributed by atoms with Gasteiger partial charge in [0.1, 0.15) is 12.1 Å². The first-order valence-corrected chi connectivity index (χ1v) is 14.8. The predicted octanol–water partition coefficient (Wildman–Crippen LogP) is 8.67. The van der Waals surface area contributed by atoms with Crippen LogP contribution in [0.4, 0.5) is 0 Å². The van der Waals surface area contributed by atoms with E-state index < -0.39 is 0 Å². The summed E-state index contributed by atoms with van der Waals surface area (Å²) in [7, 11) is 2.59. The van der Waals surface area contributed by atoms with E-state index in [2.05, 4.69) is 76.3 Å². The highest BCUT2D eigenvalue weighted by Gasteiger charge is 2.79. The molecule has 2 aliphatic carbocycles. The fourth-order valence-corrected chi connectivity index (χ4v) is 9.41. The summed E-state index contributed by atoms with van der Waals surface area (Å²) in [4.78, 5) is 0. The largest absolute Gasteiger partial charge is 0.320 e. The van der Waals surface area contributed by atoms with Gasteiger partial charge in [-0.25, -0.2) is 0 Å². The lowest BCUT2D eigenvalue weighted by Crippen LogP contribution is -2.78. The van der Waals surface area contributed by atoms with E-state index in [-0.39, 0.29) is 0 Å². The van der Waals surface area contributed by atoms with Crippen LogP contribution in [0, 0.1) is 58.7 Å². The Bertz CT molecular complexity index is 602. The molecule has 12 atom stereocenters. The lowest BCUT2D eigenvalue weighted by atomic mass is 9.64. The molecular weight excluding hydrogens is 386 g/mol. The number of likely N-dealkylation sites (tertiary alicyclic amines) is 1. The molecule has 3 aliphatic rings. The van der Waals surface area contributed by atoms with E-state index >= 15 is 0 Å². The molecule has 1 nitrogen and oxygen atoms in total. The number of nitrogens with zero attached hydrogens (tertiary/aromatic N) is 1. The third-order valence-electron chi connectivity index (χ3n) is 11.6. The zero-order chi connectivity index (χ0) is 24.0. The molecular formula is C31H60N+. The maximum absolute atomic E-state index is 2.61. The molecule has 0 aromatic carbocycles. The monoisotopic (exact) mass is 446 g/mol. The Kier molecular flexibility index (Phi) is 8.22. The van der Waals surface area contributed by atoms with Crippen molar-refractivity contribution in [3.63, 3.8) is 0 Å². The van der Waals surface area contributed by atoms with Crippen LogP contribution in [0.15, 0.2) is 0 Å². The van der Waals surface area contributed by atoms with Crippen molar-refractivity contribution in [2.45, 2.75) is 126 Å². The Morgan fingerprint density at radius 2 is 1.53 bits per heavy atom. The van der Waals surface area contributed by atoms with Crippen molar-refractivity contribution >= 4 is 0 Å². The molecule has 0 bridgehead atoms. The molecule has 1 saturated heterocycles. The summed E-state index contributed by atoms with van der Waals surface area (Å²) in [5.74, 6) is 8.33. The first kappa shape index (κ1) is 26.6. The second kappa shape index (κ2) is 9.91. The molecule has 1 spiro atoms. The average molecular weight is 447 g/mol. The van der Waals surface area contributed by atoms with E-state index in [4.69, 9.17) is 0 Å². The van der Waals surface area contributed by atoms with Crippen molar-refractivity contribution < 1.29 is 4.48 Å². The van der Waals surface area contributed by atoms with Gasteiger partial charge in [0.25, 0.3) is 0 Å². The molecule has 32 heavy (non-hydrogen) atoms. The second-order valence-corrected chi connectivity index (χ2v) is 14.1. The van der Waals surface area contributed by atoms with Gasteiger partial charge in [0.15, 0.2) is 0 Å². The zero-order valence-electron chi connectivity index (χ0n) is 24.0. The van der Waals surface area contributed by atoms with Crippen molar-refractivity contribution in [2.75, 3.05) is 13.6 Å². The standard InChI is InChI=1S/C31H60N/c1-12-29-31(19-25(31)9)30(32(29,11)13-2)22(6)15-14-21(5)26(10)23(7)17-24(8)28-18-27(28)16-20(3)4/h20-30H,12-19H2,1-11H3/q+1. The van der Waals surface area contributed by atoms with Gasteiger partial charge in [-0.1, -0.05) is 62.3 Å². The molecule has 3 rings (SSSR count). The SMILES string of the molecule is CCC1C2(CC2C)C(C(C)CCC(C)C(C)C(C)CC(C)C2CC2CC(C)C)[N+]1(C)CC. The van der Waals surface area contributed by atoms with Crippen molar-refractivity contribution in [2.24, 2.45) is 58.7 Å². The normalized spacial score (nSPS) is 42.9. The Morgan fingerprint density at radius 1 is 0.906 bits per heavy atom. The second-order valence-electron chi connectivity index (χ2n) is 14.1. The third-order valence-corrected chi connectivity index (χ3v) is 11.6.